The van der Waals surface area contributed by atoms with Crippen molar-refractivity contribution in [3.05, 3.63) is 34.1 Å². The van der Waals surface area contributed by atoms with E-state index in [1.165, 1.54) is 0 Å². The minimum Gasteiger partial charge on any atom is -0.385 e. The number of aromatic nitrogens is 2. The molecular formula is C18H23N3O3S. The number of rotatable bonds is 6. The third-order valence-corrected chi connectivity index (χ3v) is 5.94. The molecule has 3 heterocycles. The zero-order valence-electron chi connectivity index (χ0n) is 14.4. The Morgan fingerprint density at radius 2 is 2.40 bits per heavy atom. The molecule has 0 aromatic carbocycles. The van der Waals surface area contributed by atoms with Crippen LogP contribution in [-0.2, 0) is 10.2 Å². The Labute approximate surface area is 151 Å². The fourth-order valence-electron chi connectivity index (χ4n) is 3.62. The number of hydrogen-bond acceptors (Lipinski definition) is 6. The number of piperidine rings is 1. The first kappa shape index (κ1) is 16.7. The van der Waals surface area contributed by atoms with Crippen molar-refractivity contribution in [2.75, 3.05) is 26.8 Å². The van der Waals surface area contributed by atoms with Gasteiger partial charge < -0.3 is 14.2 Å². The maximum Gasteiger partial charge on any atom is 0.254 e. The highest BCUT2D eigenvalue weighted by Crippen LogP contribution is 2.41. The second kappa shape index (κ2) is 6.88. The van der Waals surface area contributed by atoms with Gasteiger partial charge in [-0.05, 0) is 43.6 Å². The number of hydrogen-bond donors (Lipinski definition) is 0. The van der Waals surface area contributed by atoms with Gasteiger partial charge in [0.25, 0.3) is 5.91 Å². The van der Waals surface area contributed by atoms with Crippen molar-refractivity contribution in [3.63, 3.8) is 0 Å². The maximum atomic E-state index is 12.8. The highest BCUT2D eigenvalue weighted by molar-refractivity contribution is 7.08. The van der Waals surface area contributed by atoms with Crippen molar-refractivity contribution in [1.82, 2.24) is 15.0 Å². The molecule has 7 heteroatoms. The number of carbonyl (C=O) groups excluding carboxylic acids is 1. The van der Waals surface area contributed by atoms with Gasteiger partial charge in [0.15, 0.2) is 5.82 Å². The van der Waals surface area contributed by atoms with Crippen molar-refractivity contribution < 1.29 is 14.1 Å². The molecule has 4 rings (SSSR count). The highest BCUT2D eigenvalue weighted by Gasteiger charge is 2.43. The van der Waals surface area contributed by atoms with Crippen LogP contribution in [0.4, 0.5) is 0 Å². The minimum absolute atomic E-state index is 0.0913. The van der Waals surface area contributed by atoms with Gasteiger partial charge in [0.1, 0.15) is 0 Å². The predicted octanol–water partition coefficient (Wildman–Crippen LogP) is 3.22. The lowest BCUT2D eigenvalue weighted by Gasteiger charge is -2.40. The van der Waals surface area contributed by atoms with E-state index >= 15 is 0 Å². The highest BCUT2D eigenvalue weighted by atomic mass is 32.1. The molecule has 0 N–H and O–H groups in total. The van der Waals surface area contributed by atoms with E-state index in [-0.39, 0.29) is 11.3 Å². The number of carbonyl (C=O) groups is 1. The maximum absolute atomic E-state index is 12.8. The van der Waals surface area contributed by atoms with E-state index in [9.17, 15) is 4.79 Å². The number of thiophene rings is 1. The molecule has 2 aromatic heterocycles. The Kier molecular flexibility index (Phi) is 4.60. The summed E-state index contributed by atoms with van der Waals surface area (Å²) in [6.45, 7) is 2.01. The van der Waals surface area contributed by atoms with Crippen LogP contribution in [0.25, 0.3) is 0 Å². The Hall–Kier alpha value is -1.73. The normalized spacial score (nSPS) is 23.8. The van der Waals surface area contributed by atoms with E-state index < -0.39 is 0 Å². The summed E-state index contributed by atoms with van der Waals surface area (Å²) in [5.74, 6) is 2.03. The molecule has 1 aliphatic carbocycles. The molecule has 0 spiro atoms. The lowest BCUT2D eigenvalue weighted by molar-refractivity contribution is 0.0567. The van der Waals surface area contributed by atoms with E-state index in [4.69, 9.17) is 14.2 Å². The van der Waals surface area contributed by atoms with Crippen LogP contribution < -0.4 is 0 Å². The summed E-state index contributed by atoms with van der Waals surface area (Å²) in [6.07, 6.45) is 4.95. The quantitative estimate of drug-likeness (QED) is 0.790. The predicted molar refractivity (Wildman–Crippen MR) is 93.9 cm³/mol. The van der Waals surface area contributed by atoms with Gasteiger partial charge in [-0.1, -0.05) is 5.16 Å². The van der Waals surface area contributed by atoms with Crippen molar-refractivity contribution in [2.45, 2.75) is 43.4 Å². The van der Waals surface area contributed by atoms with Gasteiger partial charge in [0.05, 0.1) is 11.0 Å². The average molecular weight is 361 g/mol. The Bertz CT molecular complexity index is 726. The van der Waals surface area contributed by atoms with Gasteiger partial charge in [-0.15, -0.1) is 0 Å². The molecular weight excluding hydrogens is 338 g/mol. The lowest BCUT2D eigenvalue weighted by atomic mass is 9.76. The van der Waals surface area contributed by atoms with Gasteiger partial charge in [-0.2, -0.15) is 16.3 Å². The molecule has 1 unspecified atom stereocenters. The standard InChI is InChI=1S/C18H23N3O3S/c1-23-9-7-18(17-19-15(24-20-17)13-3-4-13)6-2-8-21(12-18)16(22)14-5-10-25-11-14/h5,10-11,13H,2-4,6-9,12H2,1H3. The SMILES string of the molecule is COCCC1(c2noc(C3CC3)n2)CCCN(C(=O)c2ccsc2)C1. The molecule has 1 aliphatic heterocycles. The van der Waals surface area contributed by atoms with Gasteiger partial charge in [-0.3, -0.25) is 4.79 Å². The number of methoxy groups -OCH3 is 1. The monoisotopic (exact) mass is 361 g/mol. The Morgan fingerprint density at radius 1 is 1.52 bits per heavy atom. The van der Waals surface area contributed by atoms with Crippen LogP contribution in [0.2, 0.25) is 0 Å². The molecule has 134 valence electrons. The molecule has 1 amide bonds. The number of nitrogens with zero attached hydrogens (tertiary/aromatic N) is 3. The van der Waals surface area contributed by atoms with E-state index in [0.29, 0.717) is 19.1 Å². The lowest BCUT2D eigenvalue weighted by Crippen LogP contribution is -2.49. The first-order valence-electron chi connectivity index (χ1n) is 8.86. The smallest absolute Gasteiger partial charge is 0.254 e. The molecule has 0 bridgehead atoms. The van der Waals surface area contributed by atoms with E-state index in [1.807, 2.05) is 21.7 Å². The average Bonchev–Trinajstić information content (AvgIpc) is 3.14. The van der Waals surface area contributed by atoms with Gasteiger partial charge in [0, 0.05) is 38.1 Å². The molecule has 2 aromatic rings. The topological polar surface area (TPSA) is 68.5 Å². The molecule has 2 aliphatic rings. The fraction of sp³-hybridized carbons (Fsp3) is 0.611. The van der Waals surface area contributed by atoms with Crippen LogP contribution in [-0.4, -0.2) is 47.8 Å². The summed E-state index contributed by atoms with van der Waals surface area (Å²) in [5, 5.41) is 8.16. The first-order valence-corrected chi connectivity index (χ1v) is 9.81. The summed E-state index contributed by atoms with van der Waals surface area (Å²) >= 11 is 1.55. The van der Waals surface area contributed by atoms with Crippen molar-refractivity contribution in [2.24, 2.45) is 0 Å². The van der Waals surface area contributed by atoms with Gasteiger partial charge >= 0.3 is 0 Å². The second-order valence-corrected chi connectivity index (χ2v) is 7.88. The third kappa shape index (κ3) is 3.35. The van der Waals surface area contributed by atoms with Crippen molar-refractivity contribution in [1.29, 1.82) is 0 Å². The zero-order chi connectivity index (χ0) is 17.3. The number of ether oxygens (including phenoxy) is 1. The summed E-state index contributed by atoms with van der Waals surface area (Å²) in [5.41, 5.74) is 0.482. The van der Waals surface area contributed by atoms with Gasteiger partial charge in [-0.25, -0.2) is 0 Å². The summed E-state index contributed by atoms with van der Waals surface area (Å²) < 4.78 is 10.8. The molecule has 1 saturated heterocycles. The second-order valence-electron chi connectivity index (χ2n) is 7.10. The molecule has 0 radical (unpaired) electrons. The molecule has 6 nitrogen and oxygen atoms in total. The molecule has 1 saturated carbocycles. The van der Waals surface area contributed by atoms with Gasteiger partial charge in [0.2, 0.25) is 5.89 Å². The summed E-state index contributed by atoms with van der Waals surface area (Å²) in [4.78, 5) is 19.5. The van der Waals surface area contributed by atoms with Crippen LogP contribution in [0.1, 0.15) is 60.1 Å². The summed E-state index contributed by atoms with van der Waals surface area (Å²) in [6, 6.07) is 1.89. The van der Waals surface area contributed by atoms with Crippen LogP contribution in [0.5, 0.6) is 0 Å². The van der Waals surface area contributed by atoms with Crippen LogP contribution in [0.3, 0.4) is 0 Å². The molecule has 2 fully saturated rings. The third-order valence-electron chi connectivity index (χ3n) is 5.26. The van der Waals surface area contributed by atoms with Crippen LogP contribution >= 0.6 is 11.3 Å². The van der Waals surface area contributed by atoms with Crippen LogP contribution in [0, 0.1) is 0 Å². The Balaban J connectivity index is 1.59. The largest absolute Gasteiger partial charge is 0.385 e. The minimum atomic E-state index is -0.281. The van der Waals surface area contributed by atoms with E-state index in [2.05, 4.69) is 5.16 Å². The Morgan fingerprint density at radius 3 is 3.12 bits per heavy atom. The number of amides is 1. The van der Waals surface area contributed by atoms with Crippen molar-refractivity contribution >= 4 is 17.2 Å². The molecule has 25 heavy (non-hydrogen) atoms. The summed E-state index contributed by atoms with van der Waals surface area (Å²) in [7, 11) is 1.71. The van der Waals surface area contributed by atoms with Crippen LogP contribution in [0.15, 0.2) is 21.3 Å². The zero-order valence-corrected chi connectivity index (χ0v) is 15.3. The molecule has 1 atom stereocenters. The van der Waals surface area contributed by atoms with E-state index in [0.717, 1.165) is 55.9 Å². The first-order chi connectivity index (χ1) is 12.2. The van der Waals surface area contributed by atoms with E-state index in [1.54, 1.807) is 18.4 Å². The van der Waals surface area contributed by atoms with Crippen molar-refractivity contribution in [3.8, 4) is 0 Å². The number of likely N-dealkylation sites (tertiary alicyclic amines) is 1. The fourth-order valence-corrected chi connectivity index (χ4v) is 4.25.